The minimum atomic E-state index is -0.775. The molecule has 124 valence electrons. The molecule has 23 heavy (non-hydrogen) atoms. The minimum Gasteiger partial charge on any atom is -0.481 e. The fourth-order valence-corrected chi connectivity index (χ4v) is 2.93. The lowest BCUT2D eigenvalue weighted by Gasteiger charge is -2.25. The molecule has 0 saturated heterocycles. The van der Waals surface area contributed by atoms with Gasteiger partial charge in [0.2, 0.25) is 11.8 Å². The Hall–Kier alpha value is -2.37. The third-order valence-electron chi connectivity index (χ3n) is 4.35. The van der Waals surface area contributed by atoms with Crippen molar-refractivity contribution in [1.29, 1.82) is 0 Å². The summed E-state index contributed by atoms with van der Waals surface area (Å²) in [7, 11) is 0. The van der Waals surface area contributed by atoms with Crippen LogP contribution in [0.1, 0.15) is 38.2 Å². The molecule has 1 fully saturated rings. The summed E-state index contributed by atoms with van der Waals surface area (Å²) in [5.41, 5.74) is 2.14. The van der Waals surface area contributed by atoms with Crippen LogP contribution in [0.4, 0.5) is 11.4 Å². The molecule has 1 aliphatic rings. The van der Waals surface area contributed by atoms with E-state index in [-0.39, 0.29) is 23.7 Å². The zero-order valence-corrected chi connectivity index (χ0v) is 13.4. The van der Waals surface area contributed by atoms with Crippen molar-refractivity contribution in [1.82, 2.24) is 0 Å². The summed E-state index contributed by atoms with van der Waals surface area (Å²) in [5, 5.41) is 14.6. The van der Waals surface area contributed by atoms with Crippen LogP contribution in [0.5, 0.6) is 0 Å². The minimum absolute atomic E-state index is 0.0862. The number of carboxylic acids is 1. The van der Waals surface area contributed by atoms with Crippen LogP contribution in [0.15, 0.2) is 18.2 Å². The van der Waals surface area contributed by atoms with E-state index in [9.17, 15) is 14.4 Å². The van der Waals surface area contributed by atoms with E-state index in [1.165, 1.54) is 6.92 Å². The Morgan fingerprint density at radius 2 is 1.52 bits per heavy atom. The average Bonchev–Trinajstić information content (AvgIpc) is 2.51. The predicted octanol–water partition coefficient (Wildman–Crippen LogP) is 2.78. The topological polar surface area (TPSA) is 95.5 Å². The molecule has 3 N–H and O–H groups in total. The lowest BCUT2D eigenvalue weighted by atomic mass is 9.81. The van der Waals surface area contributed by atoms with Gasteiger partial charge in [0, 0.05) is 24.2 Å². The van der Waals surface area contributed by atoms with Gasteiger partial charge in [0.15, 0.2) is 0 Å². The van der Waals surface area contributed by atoms with Crippen LogP contribution in [-0.2, 0) is 14.4 Å². The Balaban J connectivity index is 2.01. The SMILES string of the molecule is CC(=O)Nc1cccc(NC(=O)C2CCC(C(=O)O)CC2)c1C. The van der Waals surface area contributed by atoms with E-state index in [2.05, 4.69) is 10.6 Å². The maximum absolute atomic E-state index is 12.4. The zero-order chi connectivity index (χ0) is 17.0. The molecule has 6 nitrogen and oxygen atoms in total. The Morgan fingerprint density at radius 3 is 2.04 bits per heavy atom. The van der Waals surface area contributed by atoms with Crippen LogP contribution in [0, 0.1) is 18.8 Å². The summed E-state index contributed by atoms with van der Waals surface area (Å²) in [4.78, 5) is 34.5. The smallest absolute Gasteiger partial charge is 0.306 e. The van der Waals surface area contributed by atoms with Gasteiger partial charge in [-0.25, -0.2) is 0 Å². The van der Waals surface area contributed by atoms with Crippen LogP contribution < -0.4 is 10.6 Å². The molecular formula is C17H22N2O4. The molecule has 1 aromatic carbocycles. The number of anilines is 2. The molecule has 0 aliphatic heterocycles. The largest absolute Gasteiger partial charge is 0.481 e. The molecule has 0 bridgehead atoms. The van der Waals surface area contributed by atoms with E-state index in [4.69, 9.17) is 5.11 Å². The highest BCUT2D eigenvalue weighted by molar-refractivity contribution is 5.96. The third-order valence-corrected chi connectivity index (χ3v) is 4.35. The number of amides is 2. The number of benzene rings is 1. The summed E-state index contributed by atoms with van der Waals surface area (Å²) in [6.07, 6.45) is 2.26. The van der Waals surface area contributed by atoms with E-state index >= 15 is 0 Å². The van der Waals surface area contributed by atoms with Crippen molar-refractivity contribution in [3.05, 3.63) is 23.8 Å². The van der Waals surface area contributed by atoms with Crippen molar-refractivity contribution in [3.8, 4) is 0 Å². The van der Waals surface area contributed by atoms with Crippen molar-refractivity contribution in [2.45, 2.75) is 39.5 Å². The maximum atomic E-state index is 12.4. The molecule has 1 aromatic rings. The van der Waals surface area contributed by atoms with Crippen LogP contribution in [-0.4, -0.2) is 22.9 Å². The molecule has 2 amide bonds. The van der Waals surface area contributed by atoms with E-state index in [1.54, 1.807) is 18.2 Å². The first-order valence-electron chi connectivity index (χ1n) is 7.79. The second-order valence-corrected chi connectivity index (χ2v) is 6.04. The van der Waals surface area contributed by atoms with Crippen LogP contribution in [0.3, 0.4) is 0 Å². The van der Waals surface area contributed by atoms with E-state index in [0.29, 0.717) is 37.1 Å². The van der Waals surface area contributed by atoms with Gasteiger partial charge in [-0.1, -0.05) is 6.07 Å². The number of carboxylic acid groups (broad SMARTS) is 1. The standard InChI is InChI=1S/C17H22N2O4/c1-10-14(18-11(2)20)4-3-5-15(10)19-16(21)12-6-8-13(9-7-12)17(22)23/h3-5,12-13H,6-9H2,1-2H3,(H,18,20)(H,19,21)(H,22,23). The molecule has 0 atom stereocenters. The number of rotatable bonds is 4. The van der Waals surface area contributed by atoms with Crippen molar-refractivity contribution in [2.75, 3.05) is 10.6 Å². The van der Waals surface area contributed by atoms with Crippen LogP contribution in [0.2, 0.25) is 0 Å². The summed E-state index contributed by atoms with van der Waals surface area (Å²) in [6.45, 7) is 3.27. The Bertz CT molecular complexity index is 619. The van der Waals surface area contributed by atoms with Crippen molar-refractivity contribution >= 4 is 29.2 Å². The lowest BCUT2D eigenvalue weighted by molar-refractivity contribution is -0.143. The van der Waals surface area contributed by atoms with Gasteiger partial charge in [-0.15, -0.1) is 0 Å². The number of carbonyl (C=O) groups excluding carboxylic acids is 2. The zero-order valence-electron chi connectivity index (χ0n) is 13.4. The average molecular weight is 318 g/mol. The molecule has 0 unspecified atom stereocenters. The Morgan fingerprint density at radius 1 is 1.00 bits per heavy atom. The van der Waals surface area contributed by atoms with Gasteiger partial charge in [-0.05, 0) is 50.3 Å². The van der Waals surface area contributed by atoms with E-state index < -0.39 is 5.97 Å². The molecule has 1 saturated carbocycles. The molecule has 6 heteroatoms. The Kier molecular flexibility index (Phi) is 5.36. The van der Waals surface area contributed by atoms with Gasteiger partial charge in [-0.3, -0.25) is 14.4 Å². The van der Waals surface area contributed by atoms with Gasteiger partial charge < -0.3 is 15.7 Å². The summed E-state index contributed by atoms with van der Waals surface area (Å²) >= 11 is 0. The number of hydrogen-bond acceptors (Lipinski definition) is 3. The van der Waals surface area contributed by atoms with Crippen LogP contribution in [0.25, 0.3) is 0 Å². The highest BCUT2D eigenvalue weighted by atomic mass is 16.4. The van der Waals surface area contributed by atoms with E-state index in [0.717, 1.165) is 5.56 Å². The highest BCUT2D eigenvalue weighted by Crippen LogP contribution is 2.31. The second kappa shape index (κ2) is 7.26. The first kappa shape index (κ1) is 17.0. The predicted molar refractivity (Wildman–Crippen MR) is 87.2 cm³/mol. The van der Waals surface area contributed by atoms with Gasteiger partial charge >= 0.3 is 5.97 Å². The molecule has 0 heterocycles. The fraction of sp³-hybridized carbons (Fsp3) is 0.471. The fourth-order valence-electron chi connectivity index (χ4n) is 2.93. The van der Waals surface area contributed by atoms with Gasteiger partial charge in [0.1, 0.15) is 0 Å². The maximum Gasteiger partial charge on any atom is 0.306 e. The van der Waals surface area contributed by atoms with E-state index in [1.807, 2.05) is 6.92 Å². The lowest BCUT2D eigenvalue weighted by Crippen LogP contribution is -2.29. The second-order valence-electron chi connectivity index (χ2n) is 6.04. The van der Waals surface area contributed by atoms with Gasteiger partial charge in [-0.2, -0.15) is 0 Å². The summed E-state index contributed by atoms with van der Waals surface area (Å²) < 4.78 is 0. The highest BCUT2D eigenvalue weighted by Gasteiger charge is 2.29. The molecule has 2 rings (SSSR count). The molecular weight excluding hydrogens is 296 g/mol. The van der Waals surface area contributed by atoms with Gasteiger partial charge in [0.05, 0.1) is 5.92 Å². The normalized spacial score (nSPS) is 20.6. The molecule has 0 aromatic heterocycles. The number of aliphatic carboxylic acids is 1. The van der Waals surface area contributed by atoms with Crippen molar-refractivity contribution in [2.24, 2.45) is 11.8 Å². The first-order chi connectivity index (χ1) is 10.9. The third kappa shape index (κ3) is 4.31. The van der Waals surface area contributed by atoms with Crippen LogP contribution >= 0.6 is 0 Å². The Labute approximate surface area is 135 Å². The monoisotopic (exact) mass is 318 g/mol. The molecule has 0 spiro atoms. The van der Waals surface area contributed by atoms with Crippen molar-refractivity contribution < 1.29 is 19.5 Å². The number of nitrogens with one attached hydrogen (secondary N) is 2. The molecule has 0 radical (unpaired) electrons. The quantitative estimate of drug-likeness (QED) is 0.795. The number of carbonyl (C=O) groups is 3. The molecule has 1 aliphatic carbocycles. The van der Waals surface area contributed by atoms with Gasteiger partial charge in [0.25, 0.3) is 0 Å². The summed E-state index contributed by atoms with van der Waals surface area (Å²) in [6, 6.07) is 5.35. The number of hydrogen-bond donors (Lipinski definition) is 3. The van der Waals surface area contributed by atoms with Crippen molar-refractivity contribution in [3.63, 3.8) is 0 Å². The first-order valence-corrected chi connectivity index (χ1v) is 7.79. The summed E-state index contributed by atoms with van der Waals surface area (Å²) in [5.74, 6) is -1.51.